The van der Waals surface area contributed by atoms with Crippen molar-refractivity contribution >= 4 is 17.1 Å². The van der Waals surface area contributed by atoms with E-state index in [1.165, 1.54) is 12.1 Å². The van der Waals surface area contributed by atoms with Gasteiger partial charge in [-0.05, 0) is 36.1 Å². The molecule has 0 saturated carbocycles. The summed E-state index contributed by atoms with van der Waals surface area (Å²) < 4.78 is 20.2. The van der Waals surface area contributed by atoms with E-state index in [4.69, 9.17) is 15.5 Å². The summed E-state index contributed by atoms with van der Waals surface area (Å²) in [5, 5.41) is 9.96. The van der Waals surface area contributed by atoms with Crippen molar-refractivity contribution in [2.45, 2.75) is 45.4 Å². The number of anilines is 1. The van der Waals surface area contributed by atoms with Crippen LogP contribution < -0.4 is 10.5 Å². The van der Waals surface area contributed by atoms with Gasteiger partial charge in [-0.3, -0.25) is 9.89 Å². The Morgan fingerprint density at radius 1 is 1.31 bits per heavy atom. The van der Waals surface area contributed by atoms with Gasteiger partial charge in [0.15, 0.2) is 5.82 Å². The normalized spacial score (nSPS) is 26.4. The summed E-state index contributed by atoms with van der Waals surface area (Å²) in [5.74, 6) is 0.317. The summed E-state index contributed by atoms with van der Waals surface area (Å²) in [6.07, 6.45) is 1.67. The lowest BCUT2D eigenvalue weighted by Crippen LogP contribution is -2.28. The zero-order valence-corrected chi connectivity index (χ0v) is 18.3. The lowest BCUT2D eigenvalue weighted by molar-refractivity contribution is 0.216. The molecule has 3 aliphatic heterocycles. The first-order valence-corrected chi connectivity index (χ1v) is 10.9. The smallest absolute Gasteiger partial charge is 0.258 e. The molecule has 8 heteroatoms. The van der Waals surface area contributed by atoms with Gasteiger partial charge in [0.2, 0.25) is 0 Å². The number of benzene rings is 1. The van der Waals surface area contributed by atoms with Crippen molar-refractivity contribution in [1.29, 1.82) is 5.26 Å². The quantitative estimate of drug-likeness (QED) is 0.687. The fourth-order valence-corrected chi connectivity index (χ4v) is 4.56. The molecule has 1 aromatic carbocycles. The van der Waals surface area contributed by atoms with Gasteiger partial charge in [-0.15, -0.1) is 0 Å². The fourth-order valence-electron chi connectivity index (χ4n) is 4.56. The minimum absolute atomic E-state index is 0.0357. The number of ether oxygens (including phenoxy) is 1. The van der Waals surface area contributed by atoms with Crippen molar-refractivity contribution in [2.75, 3.05) is 18.8 Å². The van der Waals surface area contributed by atoms with Gasteiger partial charge in [-0.25, -0.2) is 14.4 Å². The maximum atomic E-state index is 14.1. The SMILES string of the molecule is CC1Oc2nc(cnc2N)C2=C(C#N)CC(C(C)C)N=C2CN2CC2c2ccc(F)cc21. The number of nitrogens with two attached hydrogens (primary N) is 1. The highest BCUT2D eigenvalue weighted by Crippen LogP contribution is 2.42. The van der Waals surface area contributed by atoms with Crippen molar-refractivity contribution in [1.82, 2.24) is 14.9 Å². The molecule has 0 amide bonds. The Balaban J connectivity index is 1.69. The van der Waals surface area contributed by atoms with Crippen LogP contribution in [-0.4, -0.2) is 39.7 Å². The van der Waals surface area contributed by atoms with E-state index >= 15 is 0 Å². The number of nitrogens with zero attached hydrogens (tertiary/aromatic N) is 5. The third kappa shape index (κ3) is 3.53. The molecule has 4 unspecified atom stereocenters. The van der Waals surface area contributed by atoms with Crippen LogP contribution in [-0.2, 0) is 0 Å². The average molecular weight is 433 g/mol. The molecule has 4 heterocycles. The van der Waals surface area contributed by atoms with Crippen LogP contribution in [0.3, 0.4) is 0 Å². The minimum atomic E-state index is -0.469. The summed E-state index contributed by atoms with van der Waals surface area (Å²) in [6.45, 7) is 7.50. The molecule has 32 heavy (non-hydrogen) atoms. The van der Waals surface area contributed by atoms with Crippen molar-refractivity contribution in [2.24, 2.45) is 10.9 Å². The van der Waals surface area contributed by atoms with Crippen LogP contribution in [0.2, 0.25) is 0 Å². The number of aromatic nitrogens is 2. The van der Waals surface area contributed by atoms with Gasteiger partial charge in [0.1, 0.15) is 11.9 Å². The summed E-state index contributed by atoms with van der Waals surface area (Å²) in [6, 6.07) is 7.38. The van der Waals surface area contributed by atoms with E-state index in [0.29, 0.717) is 30.2 Å². The number of halogens is 1. The van der Waals surface area contributed by atoms with Crippen LogP contribution in [0, 0.1) is 23.1 Å². The maximum absolute atomic E-state index is 14.1. The Kier molecular flexibility index (Phi) is 4.94. The number of aliphatic imine (C=N–C) groups is 1. The molecule has 1 fully saturated rings. The molecular weight excluding hydrogens is 407 g/mol. The molecule has 7 nitrogen and oxygen atoms in total. The Bertz CT molecular complexity index is 1200. The van der Waals surface area contributed by atoms with Gasteiger partial charge in [0, 0.05) is 36.7 Å². The molecule has 0 spiro atoms. The molecule has 1 saturated heterocycles. The van der Waals surface area contributed by atoms with Gasteiger partial charge in [0.05, 0.1) is 29.7 Å². The Morgan fingerprint density at radius 2 is 2.12 bits per heavy atom. The summed E-state index contributed by atoms with van der Waals surface area (Å²) in [4.78, 5) is 16.2. The van der Waals surface area contributed by atoms with Gasteiger partial charge in [-0.2, -0.15) is 5.26 Å². The van der Waals surface area contributed by atoms with E-state index < -0.39 is 6.10 Å². The van der Waals surface area contributed by atoms with Gasteiger partial charge in [-0.1, -0.05) is 19.9 Å². The number of hydrogen-bond donors (Lipinski definition) is 1. The number of fused-ring (bicyclic) bond motifs is 7. The number of hydrogen-bond acceptors (Lipinski definition) is 7. The van der Waals surface area contributed by atoms with Crippen LogP contribution in [0.25, 0.3) is 5.57 Å². The fraction of sp³-hybridized carbons (Fsp3) is 0.417. The number of rotatable bonds is 1. The summed E-state index contributed by atoms with van der Waals surface area (Å²) in [5.41, 5.74) is 10.6. The molecule has 2 N–H and O–H groups in total. The minimum Gasteiger partial charge on any atom is -0.467 e. The van der Waals surface area contributed by atoms with Crippen LogP contribution in [0.1, 0.15) is 56.2 Å². The molecule has 5 rings (SSSR count). The van der Waals surface area contributed by atoms with E-state index in [9.17, 15) is 9.65 Å². The van der Waals surface area contributed by atoms with Crippen molar-refractivity contribution in [3.63, 3.8) is 0 Å². The zero-order valence-electron chi connectivity index (χ0n) is 18.3. The first-order valence-electron chi connectivity index (χ1n) is 10.9. The van der Waals surface area contributed by atoms with Gasteiger partial charge in [0.25, 0.3) is 5.88 Å². The Morgan fingerprint density at radius 3 is 2.88 bits per heavy atom. The molecule has 1 aromatic heterocycles. The van der Waals surface area contributed by atoms with Crippen molar-refractivity contribution < 1.29 is 9.13 Å². The Labute approximate surface area is 186 Å². The topological polar surface area (TPSA) is 100 Å². The molecular formula is C24H25FN6O. The second-order valence-corrected chi connectivity index (χ2v) is 8.98. The van der Waals surface area contributed by atoms with Crippen LogP contribution in [0.5, 0.6) is 5.88 Å². The molecule has 2 bridgehead atoms. The highest BCUT2D eigenvalue weighted by atomic mass is 19.1. The number of nitrogen functional groups attached to an aromatic ring is 1. The highest BCUT2D eigenvalue weighted by Gasteiger charge is 2.40. The lowest BCUT2D eigenvalue weighted by atomic mass is 9.88. The predicted molar refractivity (Wildman–Crippen MR) is 119 cm³/mol. The number of dihydropyridines is 1. The van der Waals surface area contributed by atoms with Gasteiger partial charge < -0.3 is 10.5 Å². The molecule has 4 atom stereocenters. The summed E-state index contributed by atoms with van der Waals surface area (Å²) >= 11 is 0. The third-order valence-electron chi connectivity index (χ3n) is 6.45. The monoisotopic (exact) mass is 432 g/mol. The van der Waals surface area contributed by atoms with Crippen molar-refractivity contribution in [3.8, 4) is 11.9 Å². The second kappa shape index (κ2) is 7.68. The first kappa shape index (κ1) is 20.6. The molecule has 0 aliphatic carbocycles. The molecule has 3 aliphatic rings. The van der Waals surface area contributed by atoms with E-state index in [1.807, 2.05) is 13.0 Å². The molecule has 164 valence electrons. The largest absolute Gasteiger partial charge is 0.467 e. The summed E-state index contributed by atoms with van der Waals surface area (Å²) in [7, 11) is 0. The third-order valence-corrected chi connectivity index (χ3v) is 6.45. The average Bonchev–Trinajstić information content (AvgIpc) is 3.52. The van der Waals surface area contributed by atoms with Crippen LogP contribution >= 0.6 is 0 Å². The standard InChI is InChI=1S/C24H25FN6O/c1-12(2)18-6-14(8-26)22-19-9-28-23(27)24(30-19)32-13(3)17-7-15(25)4-5-16(17)21-11-31(21)10-20(22)29-18/h4-5,7,9,12-13,18,21H,6,10-11H2,1-3H3,(H2,27,28). The zero-order chi connectivity index (χ0) is 22.6. The van der Waals surface area contributed by atoms with Crippen LogP contribution in [0.4, 0.5) is 10.2 Å². The first-order chi connectivity index (χ1) is 15.4. The van der Waals surface area contributed by atoms with Crippen molar-refractivity contribution in [3.05, 3.63) is 52.6 Å². The molecule has 2 aromatic rings. The van der Waals surface area contributed by atoms with E-state index in [0.717, 1.165) is 29.0 Å². The van der Waals surface area contributed by atoms with Crippen LogP contribution in [0.15, 0.2) is 35.0 Å². The predicted octanol–water partition coefficient (Wildman–Crippen LogP) is 3.85. The maximum Gasteiger partial charge on any atom is 0.258 e. The van der Waals surface area contributed by atoms with E-state index in [2.05, 4.69) is 34.8 Å². The second-order valence-electron chi connectivity index (χ2n) is 8.98. The van der Waals surface area contributed by atoms with Gasteiger partial charge >= 0.3 is 0 Å². The Hall–Kier alpha value is -3.31. The lowest BCUT2D eigenvalue weighted by Gasteiger charge is -2.27. The van der Waals surface area contributed by atoms with E-state index in [1.54, 1.807) is 6.20 Å². The molecule has 0 radical (unpaired) electrons. The highest BCUT2D eigenvalue weighted by molar-refractivity contribution is 6.26. The van der Waals surface area contributed by atoms with E-state index in [-0.39, 0.29) is 29.6 Å². The number of nitriles is 1.